The first-order chi connectivity index (χ1) is 8.18. The molecule has 1 aromatic heterocycles. The number of aryl methyl sites for hydroxylation is 1. The fourth-order valence-electron chi connectivity index (χ4n) is 1.70. The smallest absolute Gasteiger partial charge is 0.171 e. The van der Waals surface area contributed by atoms with Crippen molar-refractivity contribution in [3.8, 4) is 5.75 Å². The molecule has 0 saturated heterocycles. The van der Waals surface area contributed by atoms with E-state index in [1.807, 2.05) is 50.2 Å². The van der Waals surface area contributed by atoms with Crippen molar-refractivity contribution in [2.24, 2.45) is 5.73 Å². The molecule has 1 heterocycles. The maximum atomic E-state index is 5.94. The molecule has 0 fully saturated rings. The van der Waals surface area contributed by atoms with Crippen molar-refractivity contribution in [3.63, 3.8) is 0 Å². The molecular weight excluding hydrogens is 214 g/mol. The van der Waals surface area contributed by atoms with Crippen LogP contribution < -0.4 is 10.5 Å². The predicted octanol–water partition coefficient (Wildman–Crippen LogP) is 3.06. The van der Waals surface area contributed by atoms with Gasteiger partial charge in [-0.2, -0.15) is 0 Å². The first-order valence-electron chi connectivity index (χ1n) is 5.70. The summed E-state index contributed by atoms with van der Waals surface area (Å²) in [6, 6.07) is 11.5. The molecular formula is C14H17NO2. The van der Waals surface area contributed by atoms with Crippen molar-refractivity contribution < 1.29 is 9.15 Å². The quantitative estimate of drug-likeness (QED) is 0.879. The molecule has 2 aromatic rings. The Morgan fingerprint density at radius 2 is 1.94 bits per heavy atom. The largest absolute Gasteiger partial charge is 0.481 e. The van der Waals surface area contributed by atoms with Gasteiger partial charge in [-0.25, -0.2) is 0 Å². The molecule has 2 N–H and O–H groups in total. The van der Waals surface area contributed by atoms with E-state index in [1.54, 1.807) is 6.26 Å². The monoisotopic (exact) mass is 231 g/mol. The van der Waals surface area contributed by atoms with Crippen LogP contribution in [0.1, 0.15) is 24.4 Å². The van der Waals surface area contributed by atoms with Crippen molar-refractivity contribution >= 4 is 0 Å². The minimum absolute atomic E-state index is 0.138. The van der Waals surface area contributed by atoms with Crippen LogP contribution in [0.15, 0.2) is 47.1 Å². The highest BCUT2D eigenvalue weighted by Gasteiger charge is 2.21. The fraction of sp³-hybridized carbons (Fsp3) is 0.286. The van der Waals surface area contributed by atoms with Gasteiger partial charge in [0.05, 0.1) is 6.26 Å². The van der Waals surface area contributed by atoms with Crippen LogP contribution >= 0.6 is 0 Å². The summed E-state index contributed by atoms with van der Waals surface area (Å²) in [7, 11) is 0. The number of nitrogens with two attached hydrogens (primary N) is 1. The van der Waals surface area contributed by atoms with E-state index in [9.17, 15) is 0 Å². The normalized spacial score (nSPS) is 14.3. The SMILES string of the molecule is Cc1ccccc1OC(c1ccco1)C(C)N. The second-order valence-electron chi connectivity index (χ2n) is 4.18. The van der Waals surface area contributed by atoms with Gasteiger partial charge in [0, 0.05) is 6.04 Å². The van der Waals surface area contributed by atoms with Crippen LogP contribution in [0.3, 0.4) is 0 Å². The zero-order valence-electron chi connectivity index (χ0n) is 10.1. The third-order valence-electron chi connectivity index (χ3n) is 2.65. The van der Waals surface area contributed by atoms with Crippen LogP contribution in [0.4, 0.5) is 0 Å². The third-order valence-corrected chi connectivity index (χ3v) is 2.65. The molecule has 2 atom stereocenters. The van der Waals surface area contributed by atoms with E-state index in [2.05, 4.69) is 0 Å². The number of ether oxygens (including phenoxy) is 1. The summed E-state index contributed by atoms with van der Waals surface area (Å²) in [6.07, 6.45) is 1.37. The van der Waals surface area contributed by atoms with Gasteiger partial charge in [0.2, 0.25) is 0 Å². The minimum Gasteiger partial charge on any atom is -0.481 e. The molecule has 0 bridgehead atoms. The number of rotatable bonds is 4. The summed E-state index contributed by atoms with van der Waals surface area (Å²) in [6.45, 7) is 3.92. The van der Waals surface area contributed by atoms with E-state index in [0.29, 0.717) is 0 Å². The van der Waals surface area contributed by atoms with Gasteiger partial charge in [-0.15, -0.1) is 0 Å². The molecule has 0 aliphatic rings. The van der Waals surface area contributed by atoms with Crippen molar-refractivity contribution in [2.45, 2.75) is 26.0 Å². The van der Waals surface area contributed by atoms with E-state index < -0.39 is 0 Å². The highest BCUT2D eigenvalue weighted by molar-refractivity contribution is 5.32. The topological polar surface area (TPSA) is 48.4 Å². The Kier molecular flexibility index (Phi) is 3.49. The molecule has 0 spiro atoms. The molecule has 17 heavy (non-hydrogen) atoms. The maximum Gasteiger partial charge on any atom is 0.171 e. The molecule has 0 aliphatic carbocycles. The highest BCUT2D eigenvalue weighted by Crippen LogP contribution is 2.26. The van der Waals surface area contributed by atoms with Gasteiger partial charge in [-0.05, 0) is 37.6 Å². The lowest BCUT2D eigenvalue weighted by Gasteiger charge is -2.21. The van der Waals surface area contributed by atoms with Crippen LogP contribution in [-0.4, -0.2) is 6.04 Å². The standard InChI is InChI=1S/C14H17NO2/c1-10-6-3-4-7-12(10)17-14(11(2)15)13-8-5-9-16-13/h3-9,11,14H,15H2,1-2H3. The van der Waals surface area contributed by atoms with Crippen molar-refractivity contribution in [3.05, 3.63) is 54.0 Å². The number of hydrogen-bond acceptors (Lipinski definition) is 3. The van der Waals surface area contributed by atoms with Gasteiger partial charge in [0.25, 0.3) is 0 Å². The molecule has 0 amide bonds. The molecule has 2 unspecified atom stereocenters. The lowest BCUT2D eigenvalue weighted by Crippen LogP contribution is -2.28. The predicted molar refractivity (Wildman–Crippen MR) is 66.9 cm³/mol. The van der Waals surface area contributed by atoms with Gasteiger partial charge in [-0.1, -0.05) is 18.2 Å². The molecule has 0 saturated carbocycles. The Morgan fingerprint density at radius 3 is 2.53 bits per heavy atom. The highest BCUT2D eigenvalue weighted by atomic mass is 16.5. The molecule has 2 rings (SSSR count). The van der Waals surface area contributed by atoms with Crippen molar-refractivity contribution in [2.75, 3.05) is 0 Å². The van der Waals surface area contributed by atoms with Gasteiger partial charge in [0.15, 0.2) is 6.10 Å². The molecule has 90 valence electrons. The maximum absolute atomic E-state index is 5.94. The first kappa shape index (κ1) is 11.7. The molecule has 1 aromatic carbocycles. The molecule has 3 heteroatoms. The van der Waals surface area contributed by atoms with Crippen LogP contribution in [0, 0.1) is 6.92 Å². The molecule has 3 nitrogen and oxygen atoms in total. The van der Waals surface area contributed by atoms with E-state index >= 15 is 0 Å². The minimum atomic E-state index is -0.258. The van der Waals surface area contributed by atoms with Gasteiger partial charge in [-0.3, -0.25) is 0 Å². The molecule has 0 aliphatic heterocycles. The van der Waals surface area contributed by atoms with E-state index in [0.717, 1.165) is 17.1 Å². The van der Waals surface area contributed by atoms with Gasteiger partial charge in [0.1, 0.15) is 11.5 Å². The average Bonchev–Trinajstić information content (AvgIpc) is 2.81. The summed E-state index contributed by atoms with van der Waals surface area (Å²) in [5, 5.41) is 0. The zero-order valence-corrected chi connectivity index (χ0v) is 10.1. The van der Waals surface area contributed by atoms with Crippen molar-refractivity contribution in [1.82, 2.24) is 0 Å². The summed E-state index contributed by atoms with van der Waals surface area (Å²) in [5.41, 5.74) is 7.03. The van der Waals surface area contributed by atoms with E-state index in [1.165, 1.54) is 0 Å². The Bertz CT molecular complexity index is 463. The van der Waals surface area contributed by atoms with Crippen LogP contribution in [0.5, 0.6) is 5.75 Å². The zero-order chi connectivity index (χ0) is 12.3. The van der Waals surface area contributed by atoms with Crippen LogP contribution in [0.25, 0.3) is 0 Å². The summed E-state index contributed by atoms with van der Waals surface area (Å²) in [4.78, 5) is 0. The Morgan fingerprint density at radius 1 is 1.18 bits per heavy atom. The van der Waals surface area contributed by atoms with Crippen LogP contribution in [0.2, 0.25) is 0 Å². The number of furan rings is 1. The second-order valence-corrected chi connectivity index (χ2v) is 4.18. The first-order valence-corrected chi connectivity index (χ1v) is 5.70. The van der Waals surface area contributed by atoms with E-state index in [4.69, 9.17) is 14.9 Å². The summed E-state index contributed by atoms with van der Waals surface area (Å²) < 4.78 is 11.3. The van der Waals surface area contributed by atoms with Crippen molar-refractivity contribution in [1.29, 1.82) is 0 Å². The Hall–Kier alpha value is -1.74. The summed E-state index contributed by atoms with van der Waals surface area (Å²) >= 11 is 0. The lowest BCUT2D eigenvalue weighted by molar-refractivity contribution is 0.152. The van der Waals surface area contributed by atoms with E-state index in [-0.39, 0.29) is 12.1 Å². The number of para-hydroxylation sites is 1. The fourth-order valence-corrected chi connectivity index (χ4v) is 1.70. The lowest BCUT2D eigenvalue weighted by atomic mass is 10.1. The Balaban J connectivity index is 2.23. The number of benzene rings is 1. The van der Waals surface area contributed by atoms with Gasteiger partial charge >= 0.3 is 0 Å². The number of hydrogen-bond donors (Lipinski definition) is 1. The van der Waals surface area contributed by atoms with Crippen LogP contribution in [-0.2, 0) is 0 Å². The average molecular weight is 231 g/mol. The second kappa shape index (κ2) is 5.06. The molecule has 0 radical (unpaired) electrons. The Labute approximate surface area is 101 Å². The van der Waals surface area contributed by atoms with Gasteiger partial charge < -0.3 is 14.9 Å². The summed E-state index contributed by atoms with van der Waals surface area (Å²) in [5.74, 6) is 1.59. The third kappa shape index (κ3) is 2.68.